The van der Waals surface area contributed by atoms with E-state index in [4.69, 9.17) is 5.11 Å². The molecule has 1 aliphatic rings. The van der Waals surface area contributed by atoms with E-state index in [2.05, 4.69) is 16.6 Å². The number of carboxylic acid groups (broad SMARTS) is 1. The number of carbonyl (C=O) groups is 2. The minimum atomic E-state index is -1.02. The Morgan fingerprint density at radius 3 is 2.65 bits per heavy atom. The van der Waals surface area contributed by atoms with Crippen molar-refractivity contribution in [3.8, 4) is 0 Å². The Hall–Kier alpha value is -1.43. The van der Waals surface area contributed by atoms with Crippen LogP contribution >= 0.6 is 11.8 Å². The van der Waals surface area contributed by atoms with Crippen LogP contribution in [0, 0.1) is 5.92 Å². The lowest BCUT2D eigenvalue weighted by molar-refractivity contribution is -0.139. The molecule has 1 atom stereocenters. The molecule has 6 heteroatoms. The fourth-order valence-electron chi connectivity index (χ4n) is 1.27. The Balaban J connectivity index is 2.73. The summed E-state index contributed by atoms with van der Waals surface area (Å²) in [6.45, 7) is 7.28. The van der Waals surface area contributed by atoms with Gasteiger partial charge in [0.05, 0.1) is 12.3 Å². The molecule has 0 aromatic rings. The molecule has 0 aliphatic carbocycles. The molecule has 1 amide bonds. The molecule has 5 nitrogen and oxygen atoms in total. The van der Waals surface area contributed by atoms with Gasteiger partial charge in [-0.15, -0.1) is 0 Å². The number of carboxylic acids is 1. The standard InChI is InChI=1S/C11H14N2O3S/c1-6(2)5-17-11-12-7(3)8(4-9(14)15)10(16)13-11/h8H,1,4-5H2,2-3H3,(H,14,15). The third-order valence-corrected chi connectivity index (χ3v) is 3.18. The van der Waals surface area contributed by atoms with Crippen molar-refractivity contribution in [2.45, 2.75) is 20.3 Å². The second-order valence-corrected chi connectivity index (χ2v) is 4.82. The van der Waals surface area contributed by atoms with Gasteiger partial charge in [0, 0.05) is 11.5 Å². The Morgan fingerprint density at radius 2 is 2.18 bits per heavy atom. The van der Waals surface area contributed by atoms with Crippen LogP contribution in [0.5, 0.6) is 0 Å². The molecule has 0 fully saturated rings. The summed E-state index contributed by atoms with van der Waals surface area (Å²) in [5.74, 6) is -1.52. The molecule has 0 saturated carbocycles. The zero-order valence-corrected chi connectivity index (χ0v) is 10.6. The van der Waals surface area contributed by atoms with Crippen molar-refractivity contribution in [3.63, 3.8) is 0 Å². The van der Waals surface area contributed by atoms with Crippen LogP contribution in [0.2, 0.25) is 0 Å². The lowest BCUT2D eigenvalue weighted by Crippen LogP contribution is -2.28. The number of thioether (sulfide) groups is 1. The number of amidine groups is 1. The largest absolute Gasteiger partial charge is 0.481 e. The normalized spacial score (nSPS) is 19.6. The van der Waals surface area contributed by atoms with E-state index >= 15 is 0 Å². The average Bonchev–Trinajstić information content (AvgIpc) is 2.20. The van der Waals surface area contributed by atoms with Crippen LogP contribution in [0.4, 0.5) is 0 Å². The van der Waals surface area contributed by atoms with Gasteiger partial charge in [-0.25, -0.2) is 4.99 Å². The van der Waals surface area contributed by atoms with Crippen molar-refractivity contribution in [1.29, 1.82) is 0 Å². The Morgan fingerprint density at radius 1 is 1.53 bits per heavy atom. The molecular weight excluding hydrogens is 240 g/mol. The number of rotatable bonds is 4. The van der Waals surface area contributed by atoms with Gasteiger partial charge in [-0.2, -0.15) is 4.99 Å². The van der Waals surface area contributed by atoms with Crippen LogP contribution in [-0.4, -0.2) is 33.6 Å². The van der Waals surface area contributed by atoms with Crippen LogP contribution in [0.3, 0.4) is 0 Å². The molecule has 1 aliphatic heterocycles. The molecule has 0 spiro atoms. The van der Waals surface area contributed by atoms with E-state index in [9.17, 15) is 9.59 Å². The molecule has 0 bridgehead atoms. The van der Waals surface area contributed by atoms with Crippen LogP contribution in [0.25, 0.3) is 0 Å². The predicted octanol–water partition coefficient (Wildman–Crippen LogP) is 1.74. The Bertz CT molecular complexity index is 426. The van der Waals surface area contributed by atoms with E-state index < -0.39 is 17.8 Å². The summed E-state index contributed by atoms with van der Waals surface area (Å²) in [7, 11) is 0. The zero-order valence-electron chi connectivity index (χ0n) is 9.77. The molecule has 0 aromatic carbocycles. The van der Waals surface area contributed by atoms with Gasteiger partial charge in [-0.3, -0.25) is 9.59 Å². The minimum absolute atomic E-state index is 0.254. The highest BCUT2D eigenvalue weighted by Crippen LogP contribution is 2.19. The molecule has 1 heterocycles. The van der Waals surface area contributed by atoms with Crippen molar-refractivity contribution >= 4 is 34.5 Å². The highest BCUT2D eigenvalue weighted by molar-refractivity contribution is 8.14. The number of amides is 1. The van der Waals surface area contributed by atoms with Crippen LogP contribution in [0.1, 0.15) is 20.3 Å². The summed E-state index contributed by atoms with van der Waals surface area (Å²) in [5, 5.41) is 9.06. The molecule has 0 radical (unpaired) electrons. The quantitative estimate of drug-likeness (QED) is 0.775. The molecule has 17 heavy (non-hydrogen) atoms. The molecular formula is C11H14N2O3S. The number of hydrogen-bond donors (Lipinski definition) is 1. The summed E-state index contributed by atoms with van der Waals surface area (Å²) >= 11 is 1.33. The third kappa shape index (κ3) is 4.14. The SMILES string of the molecule is C=C(C)CSC1=NC(=O)C(CC(=O)O)C(C)=N1. The van der Waals surface area contributed by atoms with Crippen molar-refractivity contribution < 1.29 is 14.7 Å². The van der Waals surface area contributed by atoms with Crippen molar-refractivity contribution in [3.05, 3.63) is 12.2 Å². The maximum absolute atomic E-state index is 11.6. The molecule has 0 aromatic heterocycles. The summed E-state index contributed by atoms with van der Waals surface area (Å²) in [6, 6.07) is 0. The average molecular weight is 254 g/mol. The lowest BCUT2D eigenvalue weighted by atomic mass is 9.99. The minimum Gasteiger partial charge on any atom is -0.481 e. The summed E-state index contributed by atoms with van der Waals surface area (Å²) in [6.07, 6.45) is -0.254. The topological polar surface area (TPSA) is 79.1 Å². The van der Waals surface area contributed by atoms with E-state index in [1.165, 1.54) is 11.8 Å². The van der Waals surface area contributed by atoms with E-state index in [-0.39, 0.29) is 6.42 Å². The highest BCUT2D eigenvalue weighted by atomic mass is 32.2. The van der Waals surface area contributed by atoms with Gasteiger partial charge >= 0.3 is 5.97 Å². The van der Waals surface area contributed by atoms with Crippen molar-refractivity contribution in [2.24, 2.45) is 15.9 Å². The first-order valence-electron chi connectivity index (χ1n) is 5.07. The van der Waals surface area contributed by atoms with Gasteiger partial charge in [0.1, 0.15) is 0 Å². The predicted molar refractivity (Wildman–Crippen MR) is 68.6 cm³/mol. The van der Waals surface area contributed by atoms with E-state index in [1.54, 1.807) is 6.92 Å². The summed E-state index contributed by atoms with van der Waals surface area (Å²) < 4.78 is 0. The van der Waals surface area contributed by atoms with Crippen LogP contribution in [0.15, 0.2) is 22.1 Å². The van der Waals surface area contributed by atoms with Crippen molar-refractivity contribution in [2.75, 3.05) is 5.75 Å². The first-order chi connectivity index (χ1) is 7.90. The molecule has 1 N–H and O–H groups in total. The first kappa shape index (κ1) is 13.6. The molecule has 1 rings (SSSR count). The van der Waals surface area contributed by atoms with Crippen molar-refractivity contribution in [1.82, 2.24) is 0 Å². The van der Waals surface area contributed by atoms with Gasteiger partial charge in [0.2, 0.25) is 0 Å². The fourth-order valence-corrected chi connectivity index (χ4v) is 2.01. The van der Waals surface area contributed by atoms with Crippen LogP contribution in [-0.2, 0) is 9.59 Å². The van der Waals surface area contributed by atoms with E-state index in [1.807, 2.05) is 6.92 Å². The van der Waals surface area contributed by atoms with Gasteiger partial charge in [-0.05, 0) is 13.8 Å². The highest BCUT2D eigenvalue weighted by Gasteiger charge is 2.28. The maximum Gasteiger partial charge on any atom is 0.304 e. The van der Waals surface area contributed by atoms with E-state index in [0.29, 0.717) is 16.6 Å². The Kier molecular flexibility index (Phi) is 4.62. The number of hydrogen-bond acceptors (Lipinski definition) is 4. The summed E-state index contributed by atoms with van der Waals surface area (Å²) in [5.41, 5.74) is 1.47. The van der Waals surface area contributed by atoms with Gasteiger partial charge < -0.3 is 5.11 Å². The summed E-state index contributed by atoms with van der Waals surface area (Å²) in [4.78, 5) is 30.1. The smallest absolute Gasteiger partial charge is 0.304 e. The van der Waals surface area contributed by atoms with Crippen LogP contribution < -0.4 is 0 Å². The van der Waals surface area contributed by atoms with E-state index in [0.717, 1.165) is 5.57 Å². The molecule has 1 unspecified atom stereocenters. The van der Waals surface area contributed by atoms with Gasteiger partial charge in [-0.1, -0.05) is 23.9 Å². The number of nitrogens with zero attached hydrogens (tertiary/aromatic N) is 2. The van der Waals surface area contributed by atoms with Gasteiger partial charge in [0.25, 0.3) is 5.91 Å². The third-order valence-electron chi connectivity index (χ3n) is 2.11. The lowest BCUT2D eigenvalue weighted by Gasteiger charge is -2.16. The number of carbonyl (C=O) groups excluding carboxylic acids is 1. The number of aliphatic imine (C=N–C) groups is 2. The monoisotopic (exact) mass is 254 g/mol. The zero-order chi connectivity index (χ0) is 13.0. The Labute approximate surface area is 104 Å². The number of aliphatic carboxylic acids is 1. The molecule has 92 valence electrons. The maximum atomic E-state index is 11.6. The molecule has 0 saturated heterocycles. The second kappa shape index (κ2) is 5.77. The van der Waals surface area contributed by atoms with Gasteiger partial charge in [0.15, 0.2) is 5.17 Å². The first-order valence-corrected chi connectivity index (χ1v) is 6.05. The second-order valence-electron chi connectivity index (χ2n) is 3.88. The fraction of sp³-hybridized carbons (Fsp3) is 0.455.